The largest absolute Gasteiger partial charge is 0.466 e. The lowest BCUT2D eigenvalue weighted by Gasteiger charge is -2.08. The van der Waals surface area contributed by atoms with Crippen LogP contribution in [0.3, 0.4) is 0 Å². The van der Waals surface area contributed by atoms with Crippen molar-refractivity contribution in [2.75, 3.05) is 13.2 Å². The predicted molar refractivity (Wildman–Crippen MR) is 49.5 cm³/mol. The van der Waals surface area contributed by atoms with Crippen molar-refractivity contribution in [2.45, 2.75) is 45.1 Å². The van der Waals surface area contributed by atoms with Gasteiger partial charge < -0.3 is 9.47 Å². The van der Waals surface area contributed by atoms with Crippen molar-refractivity contribution in [3.05, 3.63) is 0 Å². The van der Waals surface area contributed by atoms with Crippen LogP contribution in [-0.2, 0) is 14.3 Å². The van der Waals surface area contributed by atoms with Gasteiger partial charge in [-0.3, -0.25) is 4.79 Å². The molecule has 0 N–H and O–H groups in total. The molecule has 0 bridgehead atoms. The molecule has 0 spiro atoms. The van der Waals surface area contributed by atoms with E-state index >= 15 is 0 Å². The van der Waals surface area contributed by atoms with Crippen LogP contribution in [0, 0.1) is 0 Å². The van der Waals surface area contributed by atoms with Crippen molar-refractivity contribution in [1.82, 2.24) is 0 Å². The quantitative estimate of drug-likeness (QED) is 0.486. The zero-order valence-corrected chi connectivity index (χ0v) is 8.25. The molecule has 3 heteroatoms. The Morgan fingerprint density at radius 3 is 3.08 bits per heavy atom. The minimum Gasteiger partial charge on any atom is -0.466 e. The van der Waals surface area contributed by atoms with Gasteiger partial charge in [0.05, 0.1) is 12.7 Å². The molecule has 0 amide bonds. The Morgan fingerprint density at radius 2 is 2.46 bits per heavy atom. The molecule has 1 rings (SSSR count). The first kappa shape index (κ1) is 10.5. The molecule has 76 valence electrons. The molecule has 1 fully saturated rings. The lowest BCUT2D eigenvalue weighted by atomic mass is 10.1. The lowest BCUT2D eigenvalue weighted by molar-refractivity contribution is -0.143. The predicted octanol–water partition coefficient (Wildman–Crippen LogP) is 1.90. The Labute approximate surface area is 79.4 Å². The number of ether oxygens (including phenoxy) is 2. The smallest absolute Gasteiger partial charge is 0.305 e. The van der Waals surface area contributed by atoms with Gasteiger partial charge in [0, 0.05) is 13.0 Å². The molecule has 0 aromatic heterocycles. The Bertz CT molecular complexity index is 150. The summed E-state index contributed by atoms with van der Waals surface area (Å²) in [6.07, 6.45) is 5.19. The van der Waals surface area contributed by atoms with Crippen LogP contribution < -0.4 is 0 Å². The number of esters is 1. The summed E-state index contributed by atoms with van der Waals surface area (Å²) in [5.41, 5.74) is 0. The maximum absolute atomic E-state index is 10.8. The second kappa shape index (κ2) is 5.97. The molecule has 0 saturated carbocycles. The summed E-state index contributed by atoms with van der Waals surface area (Å²) >= 11 is 0. The molecule has 3 nitrogen and oxygen atoms in total. The Balaban J connectivity index is 1.91. The third kappa shape index (κ3) is 4.27. The summed E-state index contributed by atoms with van der Waals surface area (Å²) in [5.74, 6) is -0.104. The fourth-order valence-corrected chi connectivity index (χ4v) is 1.47. The fourth-order valence-electron chi connectivity index (χ4n) is 1.47. The normalized spacial score (nSPS) is 21.8. The summed E-state index contributed by atoms with van der Waals surface area (Å²) in [5, 5.41) is 0. The topological polar surface area (TPSA) is 35.5 Å². The van der Waals surface area contributed by atoms with Crippen molar-refractivity contribution >= 4 is 5.97 Å². The summed E-state index contributed by atoms with van der Waals surface area (Å²) < 4.78 is 10.4. The zero-order chi connectivity index (χ0) is 9.52. The van der Waals surface area contributed by atoms with Gasteiger partial charge >= 0.3 is 5.97 Å². The van der Waals surface area contributed by atoms with E-state index in [0.29, 0.717) is 19.1 Å². The highest BCUT2D eigenvalue weighted by molar-refractivity contribution is 5.68. The highest BCUT2D eigenvalue weighted by atomic mass is 16.5. The van der Waals surface area contributed by atoms with Crippen molar-refractivity contribution < 1.29 is 14.3 Å². The number of hydrogen-bond acceptors (Lipinski definition) is 3. The van der Waals surface area contributed by atoms with E-state index in [2.05, 4.69) is 0 Å². The number of carbonyl (C=O) groups is 1. The van der Waals surface area contributed by atoms with Gasteiger partial charge in [-0.15, -0.1) is 0 Å². The van der Waals surface area contributed by atoms with Crippen LogP contribution >= 0.6 is 0 Å². The van der Waals surface area contributed by atoms with Crippen LogP contribution in [0.4, 0.5) is 0 Å². The van der Waals surface area contributed by atoms with Crippen LogP contribution in [0.25, 0.3) is 0 Å². The van der Waals surface area contributed by atoms with Crippen LogP contribution in [0.1, 0.15) is 39.0 Å². The van der Waals surface area contributed by atoms with E-state index in [4.69, 9.17) is 9.47 Å². The molecular formula is C10H18O3. The molecule has 1 saturated heterocycles. The Kier molecular flexibility index (Phi) is 4.83. The van der Waals surface area contributed by atoms with E-state index in [9.17, 15) is 4.79 Å². The van der Waals surface area contributed by atoms with Gasteiger partial charge in [-0.1, -0.05) is 6.92 Å². The third-order valence-corrected chi connectivity index (χ3v) is 2.25. The highest BCUT2D eigenvalue weighted by Gasteiger charge is 2.14. The molecule has 0 aromatic carbocycles. The standard InChI is InChI=1S/C10H18O3/c1-2-10(11)13-8-4-6-9-5-3-7-12-9/h9H,2-8H2,1H3/t9-/m0/s1. The average molecular weight is 186 g/mol. The Hall–Kier alpha value is -0.570. The zero-order valence-electron chi connectivity index (χ0n) is 8.25. The van der Waals surface area contributed by atoms with Gasteiger partial charge in [0.15, 0.2) is 0 Å². The maximum atomic E-state index is 10.8. The molecule has 1 heterocycles. The lowest BCUT2D eigenvalue weighted by Crippen LogP contribution is -2.09. The maximum Gasteiger partial charge on any atom is 0.305 e. The second-order valence-electron chi connectivity index (χ2n) is 3.35. The van der Waals surface area contributed by atoms with Gasteiger partial charge in [-0.25, -0.2) is 0 Å². The van der Waals surface area contributed by atoms with E-state index in [0.717, 1.165) is 19.4 Å². The minimum atomic E-state index is -0.104. The molecular weight excluding hydrogens is 168 g/mol. The molecule has 1 atom stereocenters. The number of hydrogen-bond donors (Lipinski definition) is 0. The van der Waals surface area contributed by atoms with Crippen LogP contribution in [0.5, 0.6) is 0 Å². The Morgan fingerprint density at radius 1 is 1.62 bits per heavy atom. The van der Waals surface area contributed by atoms with Gasteiger partial charge in [-0.05, 0) is 25.7 Å². The fraction of sp³-hybridized carbons (Fsp3) is 0.900. The van der Waals surface area contributed by atoms with Crippen molar-refractivity contribution in [3.63, 3.8) is 0 Å². The van der Waals surface area contributed by atoms with Crippen LogP contribution in [0.15, 0.2) is 0 Å². The first-order valence-corrected chi connectivity index (χ1v) is 5.10. The summed E-state index contributed by atoms with van der Waals surface area (Å²) in [4.78, 5) is 10.8. The second-order valence-corrected chi connectivity index (χ2v) is 3.35. The summed E-state index contributed by atoms with van der Waals surface area (Å²) in [6.45, 7) is 3.26. The number of rotatable bonds is 5. The average Bonchev–Trinajstić information content (AvgIpc) is 2.64. The third-order valence-electron chi connectivity index (χ3n) is 2.25. The highest BCUT2D eigenvalue weighted by Crippen LogP contribution is 2.16. The minimum absolute atomic E-state index is 0.104. The van der Waals surface area contributed by atoms with E-state index in [1.54, 1.807) is 0 Å². The molecule has 1 aliphatic heterocycles. The van der Waals surface area contributed by atoms with Crippen LogP contribution in [-0.4, -0.2) is 25.3 Å². The van der Waals surface area contributed by atoms with Crippen molar-refractivity contribution in [3.8, 4) is 0 Å². The van der Waals surface area contributed by atoms with E-state index in [1.807, 2.05) is 6.92 Å². The monoisotopic (exact) mass is 186 g/mol. The van der Waals surface area contributed by atoms with Crippen LogP contribution in [0.2, 0.25) is 0 Å². The van der Waals surface area contributed by atoms with E-state index < -0.39 is 0 Å². The van der Waals surface area contributed by atoms with E-state index in [-0.39, 0.29) is 5.97 Å². The number of carbonyl (C=O) groups excluding carboxylic acids is 1. The van der Waals surface area contributed by atoms with Gasteiger partial charge in [0.25, 0.3) is 0 Å². The molecule has 0 radical (unpaired) electrons. The molecule has 1 aliphatic rings. The SMILES string of the molecule is CCC(=O)OCCC[C@@H]1CCCO1. The summed E-state index contributed by atoms with van der Waals surface area (Å²) in [6, 6.07) is 0. The van der Waals surface area contributed by atoms with Gasteiger partial charge in [0.2, 0.25) is 0 Å². The summed E-state index contributed by atoms with van der Waals surface area (Å²) in [7, 11) is 0. The van der Waals surface area contributed by atoms with Crippen molar-refractivity contribution in [1.29, 1.82) is 0 Å². The van der Waals surface area contributed by atoms with Gasteiger partial charge in [0.1, 0.15) is 0 Å². The molecule has 13 heavy (non-hydrogen) atoms. The first-order valence-electron chi connectivity index (χ1n) is 5.10. The molecule has 0 aromatic rings. The first-order chi connectivity index (χ1) is 6.33. The van der Waals surface area contributed by atoms with Gasteiger partial charge in [-0.2, -0.15) is 0 Å². The van der Waals surface area contributed by atoms with Crippen molar-refractivity contribution in [2.24, 2.45) is 0 Å². The molecule has 0 unspecified atom stereocenters. The molecule has 0 aliphatic carbocycles. The van der Waals surface area contributed by atoms with E-state index in [1.165, 1.54) is 12.8 Å².